The summed E-state index contributed by atoms with van der Waals surface area (Å²) in [6.45, 7) is 0. The summed E-state index contributed by atoms with van der Waals surface area (Å²) in [5.41, 5.74) is 17.1. The van der Waals surface area contributed by atoms with E-state index < -0.39 is 0 Å². The first-order valence-corrected chi connectivity index (χ1v) is 18.4. The SMILES string of the molecule is c1ccc(-c2c3c(c(-c4ccccc4)c4ccccc24)-c2ccc(-c4ccc5c(-c6cccc(-c7ccccn7)n6)ccnc5c4)c4cccc-3c24)cc1. The summed E-state index contributed by atoms with van der Waals surface area (Å²) in [4.78, 5) is 14.4. The summed E-state index contributed by atoms with van der Waals surface area (Å²) in [7, 11) is 0. The standard InChI is InChI=1S/C51H31N3/c1-3-13-32(14-4-1)47-39-17-7-8-18-40(39)48(33-15-5-2-6-16-33)51-42-27-26-35(38-19-11-20-41(49(38)42)50(47)51)34-24-25-36-37(28-30-53-46(36)31-34)43-22-12-23-45(54-43)44-21-9-10-29-52-44/h1-31H. The van der Waals surface area contributed by atoms with Crippen LogP contribution in [0.4, 0.5) is 0 Å². The summed E-state index contributed by atoms with van der Waals surface area (Å²) < 4.78 is 0. The molecule has 3 aromatic heterocycles. The molecule has 0 unspecified atom stereocenters. The number of hydrogen-bond acceptors (Lipinski definition) is 3. The third-order valence-electron chi connectivity index (χ3n) is 10.9. The minimum Gasteiger partial charge on any atom is -0.256 e. The summed E-state index contributed by atoms with van der Waals surface area (Å²) in [6.07, 6.45) is 3.69. The Morgan fingerprint density at radius 2 is 0.907 bits per heavy atom. The highest BCUT2D eigenvalue weighted by Crippen LogP contribution is 2.58. The molecule has 3 heteroatoms. The molecule has 3 heterocycles. The maximum absolute atomic E-state index is 5.02. The van der Waals surface area contributed by atoms with Crippen molar-refractivity contribution in [1.82, 2.24) is 15.0 Å². The van der Waals surface area contributed by atoms with Crippen LogP contribution in [-0.4, -0.2) is 15.0 Å². The van der Waals surface area contributed by atoms with Gasteiger partial charge in [-0.25, -0.2) is 4.98 Å². The average molecular weight is 686 g/mol. The molecule has 0 amide bonds. The molecule has 0 saturated carbocycles. The Bertz CT molecular complexity index is 2990. The Morgan fingerprint density at radius 3 is 1.63 bits per heavy atom. The monoisotopic (exact) mass is 685 g/mol. The zero-order valence-corrected chi connectivity index (χ0v) is 29.2. The largest absolute Gasteiger partial charge is 0.256 e. The van der Waals surface area contributed by atoms with Crippen LogP contribution in [0.5, 0.6) is 0 Å². The summed E-state index contributed by atoms with van der Waals surface area (Å²) >= 11 is 0. The van der Waals surface area contributed by atoms with Gasteiger partial charge in [0.25, 0.3) is 0 Å². The van der Waals surface area contributed by atoms with Gasteiger partial charge < -0.3 is 0 Å². The van der Waals surface area contributed by atoms with Gasteiger partial charge in [-0.2, -0.15) is 0 Å². The van der Waals surface area contributed by atoms with Crippen LogP contribution < -0.4 is 0 Å². The van der Waals surface area contributed by atoms with E-state index in [4.69, 9.17) is 9.97 Å². The summed E-state index contributed by atoms with van der Waals surface area (Å²) in [6, 6.07) is 63.0. The van der Waals surface area contributed by atoms with Crippen LogP contribution in [0.1, 0.15) is 0 Å². The Hall–Kier alpha value is -7.23. The third kappa shape index (κ3) is 4.65. The van der Waals surface area contributed by atoms with Gasteiger partial charge in [0.1, 0.15) is 0 Å². The van der Waals surface area contributed by atoms with E-state index in [1.165, 1.54) is 71.6 Å². The predicted octanol–water partition coefficient (Wildman–Crippen LogP) is 13.3. The first-order valence-electron chi connectivity index (χ1n) is 18.4. The number of pyridine rings is 3. The van der Waals surface area contributed by atoms with E-state index in [1.54, 1.807) is 6.20 Å². The molecule has 3 nitrogen and oxygen atoms in total. The number of aromatic nitrogens is 3. The van der Waals surface area contributed by atoms with Crippen molar-refractivity contribution in [1.29, 1.82) is 0 Å². The first kappa shape index (κ1) is 30.4. The molecular weight excluding hydrogens is 655 g/mol. The molecule has 0 bridgehead atoms. The van der Waals surface area contributed by atoms with Crippen LogP contribution in [0.3, 0.4) is 0 Å². The van der Waals surface area contributed by atoms with Crippen molar-refractivity contribution in [3.8, 4) is 78.3 Å². The van der Waals surface area contributed by atoms with E-state index in [-0.39, 0.29) is 0 Å². The predicted molar refractivity (Wildman–Crippen MR) is 224 cm³/mol. The number of rotatable bonds is 5. The van der Waals surface area contributed by atoms with Crippen molar-refractivity contribution in [2.45, 2.75) is 0 Å². The Kier molecular flexibility index (Phi) is 6.86. The molecule has 1 aliphatic rings. The van der Waals surface area contributed by atoms with Crippen molar-refractivity contribution in [3.05, 3.63) is 188 Å². The van der Waals surface area contributed by atoms with Gasteiger partial charge in [-0.15, -0.1) is 0 Å². The van der Waals surface area contributed by atoms with Gasteiger partial charge in [0.15, 0.2) is 0 Å². The van der Waals surface area contributed by atoms with Crippen molar-refractivity contribution >= 4 is 32.4 Å². The molecule has 7 aromatic carbocycles. The molecule has 0 aliphatic heterocycles. The van der Waals surface area contributed by atoms with E-state index in [0.29, 0.717) is 0 Å². The van der Waals surface area contributed by atoms with Crippen LogP contribution in [-0.2, 0) is 0 Å². The lowest BCUT2D eigenvalue weighted by atomic mass is 9.82. The molecule has 0 N–H and O–H groups in total. The third-order valence-corrected chi connectivity index (χ3v) is 10.9. The average Bonchev–Trinajstić information content (AvgIpc) is 3.58. The second kappa shape index (κ2) is 12.2. The second-order valence-electron chi connectivity index (χ2n) is 13.9. The van der Waals surface area contributed by atoms with Gasteiger partial charge in [0.05, 0.1) is 22.6 Å². The molecule has 250 valence electrons. The van der Waals surface area contributed by atoms with Gasteiger partial charge >= 0.3 is 0 Å². The van der Waals surface area contributed by atoms with Crippen LogP contribution in [0.25, 0.3) is 111 Å². The molecule has 11 rings (SSSR count). The van der Waals surface area contributed by atoms with Crippen molar-refractivity contribution in [2.24, 2.45) is 0 Å². The molecular formula is C51H31N3. The molecule has 10 aromatic rings. The first-order chi connectivity index (χ1) is 26.8. The molecule has 1 aliphatic carbocycles. The number of hydrogen-bond donors (Lipinski definition) is 0. The normalized spacial score (nSPS) is 11.7. The fourth-order valence-electron chi connectivity index (χ4n) is 8.64. The summed E-state index contributed by atoms with van der Waals surface area (Å²) in [5, 5.41) is 6.14. The van der Waals surface area contributed by atoms with Crippen LogP contribution in [0, 0.1) is 0 Å². The molecule has 0 radical (unpaired) electrons. The summed E-state index contributed by atoms with van der Waals surface area (Å²) in [5.74, 6) is 0. The maximum Gasteiger partial charge on any atom is 0.0893 e. The number of fused-ring (bicyclic) bond motifs is 5. The van der Waals surface area contributed by atoms with E-state index in [9.17, 15) is 0 Å². The fraction of sp³-hybridized carbons (Fsp3) is 0. The lowest BCUT2D eigenvalue weighted by molar-refractivity contribution is 1.25. The minimum absolute atomic E-state index is 0.849. The number of nitrogens with zero attached hydrogens (tertiary/aromatic N) is 3. The Balaban J connectivity index is 1.12. The molecule has 0 saturated heterocycles. The van der Waals surface area contributed by atoms with Crippen molar-refractivity contribution < 1.29 is 0 Å². The topological polar surface area (TPSA) is 38.7 Å². The van der Waals surface area contributed by atoms with E-state index >= 15 is 0 Å². The highest BCUT2D eigenvalue weighted by Gasteiger charge is 2.31. The van der Waals surface area contributed by atoms with Gasteiger partial charge in [-0.1, -0.05) is 140 Å². The smallest absolute Gasteiger partial charge is 0.0893 e. The van der Waals surface area contributed by atoms with Crippen molar-refractivity contribution in [2.75, 3.05) is 0 Å². The van der Waals surface area contributed by atoms with Gasteiger partial charge in [0, 0.05) is 23.3 Å². The molecule has 0 atom stereocenters. The maximum atomic E-state index is 5.02. The highest BCUT2D eigenvalue weighted by molar-refractivity contribution is 6.28. The fourth-order valence-corrected chi connectivity index (χ4v) is 8.64. The van der Waals surface area contributed by atoms with Gasteiger partial charge in [-0.3, -0.25) is 9.97 Å². The Morgan fingerprint density at radius 1 is 0.296 bits per heavy atom. The quantitative estimate of drug-likeness (QED) is 0.181. The van der Waals surface area contributed by atoms with Crippen molar-refractivity contribution in [3.63, 3.8) is 0 Å². The van der Waals surface area contributed by atoms with E-state index in [1.807, 2.05) is 36.5 Å². The van der Waals surface area contributed by atoms with Gasteiger partial charge in [-0.05, 0) is 114 Å². The molecule has 54 heavy (non-hydrogen) atoms. The Labute approximate surface area is 312 Å². The van der Waals surface area contributed by atoms with E-state index in [0.717, 1.165) is 39.1 Å². The van der Waals surface area contributed by atoms with E-state index in [2.05, 4.69) is 151 Å². The zero-order chi connectivity index (χ0) is 35.6. The van der Waals surface area contributed by atoms with Crippen LogP contribution in [0.2, 0.25) is 0 Å². The minimum atomic E-state index is 0.849. The zero-order valence-electron chi connectivity index (χ0n) is 29.2. The van der Waals surface area contributed by atoms with Gasteiger partial charge in [0.2, 0.25) is 0 Å². The second-order valence-corrected chi connectivity index (χ2v) is 13.9. The highest BCUT2D eigenvalue weighted by atomic mass is 14.8. The molecule has 0 spiro atoms. The van der Waals surface area contributed by atoms with Crippen LogP contribution in [0.15, 0.2) is 188 Å². The lowest BCUT2D eigenvalue weighted by Crippen LogP contribution is -1.93. The van der Waals surface area contributed by atoms with Crippen LogP contribution >= 0.6 is 0 Å². The number of benzene rings is 7. The molecule has 0 fully saturated rings. The lowest BCUT2D eigenvalue weighted by Gasteiger charge is -2.20.